The summed E-state index contributed by atoms with van der Waals surface area (Å²) in [4.78, 5) is 37.6. The van der Waals surface area contributed by atoms with E-state index in [0.717, 1.165) is 0 Å². The Morgan fingerprint density at radius 3 is 2.36 bits per heavy atom. The fourth-order valence-electron chi connectivity index (χ4n) is 2.77. The van der Waals surface area contributed by atoms with Crippen molar-refractivity contribution in [3.05, 3.63) is 53.0 Å². The van der Waals surface area contributed by atoms with Crippen LogP contribution in [0.3, 0.4) is 0 Å². The van der Waals surface area contributed by atoms with Gasteiger partial charge in [-0.1, -0.05) is 0 Å². The SMILES string of the molecule is COC(=O)c1cc(CN(C)C(=O)CCCC(=O)c2ccc(OC)cc2)oc1C. The Balaban J connectivity index is 1.82. The van der Waals surface area contributed by atoms with Gasteiger partial charge in [-0.2, -0.15) is 0 Å². The van der Waals surface area contributed by atoms with E-state index in [1.165, 1.54) is 12.0 Å². The highest BCUT2D eigenvalue weighted by molar-refractivity contribution is 5.96. The molecule has 7 nitrogen and oxygen atoms in total. The van der Waals surface area contributed by atoms with Crippen molar-refractivity contribution >= 4 is 17.7 Å². The zero-order valence-electron chi connectivity index (χ0n) is 16.6. The first-order valence-corrected chi connectivity index (χ1v) is 8.94. The number of furan rings is 1. The summed E-state index contributed by atoms with van der Waals surface area (Å²) in [5.74, 6) is 1.06. The van der Waals surface area contributed by atoms with Gasteiger partial charge in [-0.15, -0.1) is 0 Å². The molecule has 0 saturated carbocycles. The van der Waals surface area contributed by atoms with E-state index in [2.05, 4.69) is 4.74 Å². The van der Waals surface area contributed by atoms with Crippen LogP contribution in [0.2, 0.25) is 0 Å². The van der Waals surface area contributed by atoms with Crippen LogP contribution >= 0.6 is 0 Å². The van der Waals surface area contributed by atoms with Crippen LogP contribution < -0.4 is 4.74 Å². The van der Waals surface area contributed by atoms with Crippen molar-refractivity contribution in [1.82, 2.24) is 4.90 Å². The molecule has 0 aliphatic heterocycles. The topological polar surface area (TPSA) is 86.0 Å². The fraction of sp³-hybridized carbons (Fsp3) is 0.381. The van der Waals surface area contributed by atoms with Gasteiger partial charge in [0, 0.05) is 25.5 Å². The maximum Gasteiger partial charge on any atom is 0.341 e. The summed E-state index contributed by atoms with van der Waals surface area (Å²) in [6.45, 7) is 1.91. The molecule has 0 fully saturated rings. The molecule has 0 saturated heterocycles. The van der Waals surface area contributed by atoms with Gasteiger partial charge in [-0.3, -0.25) is 9.59 Å². The van der Waals surface area contributed by atoms with Crippen LogP contribution in [0, 0.1) is 6.92 Å². The Kier molecular flexibility index (Phi) is 7.37. The Bertz CT molecular complexity index is 837. The predicted octanol–water partition coefficient (Wildman–Crippen LogP) is 3.39. The zero-order chi connectivity index (χ0) is 20.7. The van der Waals surface area contributed by atoms with Crippen molar-refractivity contribution in [2.75, 3.05) is 21.3 Å². The molecule has 0 radical (unpaired) electrons. The molecule has 2 aromatic rings. The van der Waals surface area contributed by atoms with Gasteiger partial charge in [0.1, 0.15) is 22.8 Å². The van der Waals surface area contributed by atoms with Gasteiger partial charge in [0.05, 0.1) is 20.8 Å². The predicted molar refractivity (Wildman–Crippen MR) is 102 cm³/mol. The summed E-state index contributed by atoms with van der Waals surface area (Å²) in [6.07, 6.45) is 0.999. The van der Waals surface area contributed by atoms with E-state index in [4.69, 9.17) is 9.15 Å². The van der Waals surface area contributed by atoms with E-state index in [9.17, 15) is 14.4 Å². The Hall–Kier alpha value is -3.09. The molecule has 1 amide bonds. The molecule has 0 N–H and O–H groups in total. The van der Waals surface area contributed by atoms with Crippen LogP contribution in [0.1, 0.15) is 51.5 Å². The van der Waals surface area contributed by atoms with Gasteiger partial charge < -0.3 is 18.8 Å². The second kappa shape index (κ2) is 9.73. The number of hydrogen-bond donors (Lipinski definition) is 0. The molecule has 0 atom stereocenters. The average Bonchev–Trinajstić information content (AvgIpc) is 3.07. The Morgan fingerprint density at radius 1 is 1.07 bits per heavy atom. The van der Waals surface area contributed by atoms with Gasteiger partial charge in [0.15, 0.2) is 5.78 Å². The van der Waals surface area contributed by atoms with Crippen LogP contribution in [-0.2, 0) is 16.1 Å². The molecule has 1 aromatic carbocycles. The quantitative estimate of drug-likeness (QED) is 0.484. The lowest BCUT2D eigenvalue weighted by Gasteiger charge is -2.15. The highest BCUT2D eigenvalue weighted by Crippen LogP contribution is 2.18. The van der Waals surface area contributed by atoms with E-state index in [-0.39, 0.29) is 31.1 Å². The Labute approximate surface area is 164 Å². The fourth-order valence-corrected chi connectivity index (χ4v) is 2.77. The van der Waals surface area contributed by atoms with Crippen molar-refractivity contribution in [2.45, 2.75) is 32.7 Å². The van der Waals surface area contributed by atoms with E-state index >= 15 is 0 Å². The summed E-state index contributed by atoms with van der Waals surface area (Å²) < 4.78 is 15.3. The smallest absolute Gasteiger partial charge is 0.341 e. The van der Waals surface area contributed by atoms with Crippen LogP contribution in [0.4, 0.5) is 0 Å². The number of amides is 1. The molecule has 0 aliphatic carbocycles. The molecule has 2 rings (SSSR count). The number of aryl methyl sites for hydroxylation is 1. The summed E-state index contributed by atoms with van der Waals surface area (Å²) in [5.41, 5.74) is 0.950. The molecular formula is C21H25NO6. The molecular weight excluding hydrogens is 362 g/mol. The van der Waals surface area contributed by atoms with Crippen LogP contribution in [0.25, 0.3) is 0 Å². The molecule has 7 heteroatoms. The van der Waals surface area contributed by atoms with Crippen LogP contribution in [-0.4, -0.2) is 43.8 Å². The minimum Gasteiger partial charge on any atom is -0.497 e. The third kappa shape index (κ3) is 5.45. The van der Waals surface area contributed by atoms with E-state index in [1.54, 1.807) is 51.4 Å². The summed E-state index contributed by atoms with van der Waals surface area (Å²) in [7, 11) is 4.53. The normalized spacial score (nSPS) is 10.4. The molecule has 1 heterocycles. The van der Waals surface area contributed by atoms with Crippen molar-refractivity contribution in [2.24, 2.45) is 0 Å². The van der Waals surface area contributed by atoms with Crippen molar-refractivity contribution in [3.8, 4) is 5.75 Å². The maximum absolute atomic E-state index is 12.3. The second-order valence-electron chi connectivity index (χ2n) is 6.43. The van der Waals surface area contributed by atoms with Crippen molar-refractivity contribution < 1.29 is 28.3 Å². The minimum atomic E-state index is -0.474. The van der Waals surface area contributed by atoms with Gasteiger partial charge in [-0.05, 0) is 43.7 Å². The second-order valence-corrected chi connectivity index (χ2v) is 6.43. The zero-order valence-corrected chi connectivity index (χ0v) is 16.6. The number of rotatable bonds is 9. The summed E-state index contributed by atoms with van der Waals surface area (Å²) >= 11 is 0. The lowest BCUT2D eigenvalue weighted by Crippen LogP contribution is -2.25. The lowest BCUT2D eigenvalue weighted by atomic mass is 10.1. The molecule has 28 heavy (non-hydrogen) atoms. The third-order valence-corrected chi connectivity index (χ3v) is 4.40. The number of Topliss-reactive ketones (excluding diaryl/α,β-unsaturated/α-hetero) is 1. The number of hydrogen-bond acceptors (Lipinski definition) is 6. The number of methoxy groups -OCH3 is 2. The number of carbonyl (C=O) groups is 3. The van der Waals surface area contributed by atoms with Gasteiger partial charge in [-0.25, -0.2) is 4.79 Å². The highest BCUT2D eigenvalue weighted by atomic mass is 16.5. The number of nitrogens with zero attached hydrogens (tertiary/aromatic N) is 1. The van der Waals surface area contributed by atoms with E-state index in [0.29, 0.717) is 34.8 Å². The largest absolute Gasteiger partial charge is 0.497 e. The molecule has 0 unspecified atom stereocenters. The first-order chi connectivity index (χ1) is 13.3. The van der Waals surface area contributed by atoms with Gasteiger partial charge in [0.25, 0.3) is 0 Å². The maximum atomic E-state index is 12.3. The summed E-state index contributed by atoms with van der Waals surface area (Å²) in [5, 5.41) is 0. The number of esters is 1. The average molecular weight is 387 g/mol. The number of benzene rings is 1. The molecule has 1 aromatic heterocycles. The van der Waals surface area contributed by atoms with Crippen LogP contribution in [0.5, 0.6) is 5.75 Å². The molecule has 150 valence electrons. The highest BCUT2D eigenvalue weighted by Gasteiger charge is 2.18. The number of ketones is 1. The number of carbonyl (C=O) groups excluding carboxylic acids is 3. The lowest BCUT2D eigenvalue weighted by molar-refractivity contribution is -0.130. The Morgan fingerprint density at radius 2 is 1.75 bits per heavy atom. The first-order valence-electron chi connectivity index (χ1n) is 8.94. The molecule has 0 aliphatic rings. The third-order valence-electron chi connectivity index (χ3n) is 4.40. The molecule has 0 spiro atoms. The van der Waals surface area contributed by atoms with Gasteiger partial charge in [0.2, 0.25) is 5.91 Å². The van der Waals surface area contributed by atoms with E-state index < -0.39 is 5.97 Å². The first kappa shape index (κ1) is 21.2. The van der Waals surface area contributed by atoms with Crippen LogP contribution in [0.15, 0.2) is 34.7 Å². The van der Waals surface area contributed by atoms with Gasteiger partial charge >= 0.3 is 5.97 Å². The standard InChI is InChI=1S/C21H25NO6/c1-14-18(21(25)27-4)12-17(28-14)13-22(2)20(24)7-5-6-19(23)15-8-10-16(26-3)11-9-15/h8-12H,5-7,13H2,1-4H3. The van der Waals surface area contributed by atoms with Crippen molar-refractivity contribution in [3.63, 3.8) is 0 Å². The summed E-state index contributed by atoms with van der Waals surface area (Å²) in [6, 6.07) is 8.48. The minimum absolute atomic E-state index is 0.0116. The molecule has 0 bridgehead atoms. The monoisotopic (exact) mass is 387 g/mol. The number of ether oxygens (including phenoxy) is 2. The van der Waals surface area contributed by atoms with E-state index in [1.807, 2.05) is 0 Å². The van der Waals surface area contributed by atoms with Crippen molar-refractivity contribution in [1.29, 1.82) is 0 Å².